The largest absolute Gasteiger partial charge is 0.297 e. The molecule has 2 aliphatic heterocycles. The van der Waals surface area contributed by atoms with Gasteiger partial charge in [-0.15, -0.1) is 0 Å². The summed E-state index contributed by atoms with van der Waals surface area (Å²) in [6, 6.07) is 5.07. The van der Waals surface area contributed by atoms with E-state index >= 15 is 0 Å². The van der Waals surface area contributed by atoms with Gasteiger partial charge in [-0.1, -0.05) is 13.0 Å². The number of nitrogens with zero attached hydrogens (tertiary/aromatic N) is 3. The maximum Gasteiger partial charge on any atom is 0.244 e. The molecule has 1 aromatic carbocycles. The van der Waals surface area contributed by atoms with Gasteiger partial charge in [-0.25, -0.2) is 9.82 Å². The van der Waals surface area contributed by atoms with Gasteiger partial charge < -0.3 is 0 Å². The van der Waals surface area contributed by atoms with Crippen LogP contribution in [0.3, 0.4) is 0 Å². The van der Waals surface area contributed by atoms with Gasteiger partial charge in [-0.05, 0) is 30.2 Å². The summed E-state index contributed by atoms with van der Waals surface area (Å²) in [5.74, 6) is -0.264. The summed E-state index contributed by atoms with van der Waals surface area (Å²) in [4.78, 5) is 16.4. The standard InChI is InChI=1S/C17H23FN4O/c1-12-9-15(18)4-3-14(12)11-21-5-7-22(8-6-21)16-10-19-20-17(23)13(16)2/h3-4,9-10,13,16H,5-8,11H2,1-2H3,(H,20,23). The van der Waals surface area contributed by atoms with Gasteiger partial charge >= 0.3 is 0 Å². The molecule has 2 atom stereocenters. The van der Waals surface area contributed by atoms with Gasteiger partial charge in [0.05, 0.1) is 12.0 Å². The van der Waals surface area contributed by atoms with E-state index in [-0.39, 0.29) is 23.7 Å². The van der Waals surface area contributed by atoms with E-state index in [0.29, 0.717) is 0 Å². The number of hydrogen-bond donors (Lipinski definition) is 1. The highest BCUT2D eigenvalue weighted by atomic mass is 19.1. The van der Waals surface area contributed by atoms with E-state index in [1.807, 2.05) is 26.1 Å². The number of benzene rings is 1. The van der Waals surface area contributed by atoms with E-state index in [2.05, 4.69) is 20.3 Å². The minimum absolute atomic E-state index is 0.0122. The van der Waals surface area contributed by atoms with Gasteiger partial charge in [0.15, 0.2) is 0 Å². The molecule has 0 aromatic heterocycles. The molecule has 2 aliphatic rings. The highest BCUT2D eigenvalue weighted by Crippen LogP contribution is 2.18. The van der Waals surface area contributed by atoms with Gasteiger partial charge in [0, 0.05) is 38.9 Å². The Hall–Kier alpha value is -1.79. The molecule has 124 valence electrons. The van der Waals surface area contributed by atoms with Crippen molar-refractivity contribution in [3.05, 3.63) is 35.1 Å². The Morgan fingerprint density at radius 1 is 1.30 bits per heavy atom. The van der Waals surface area contributed by atoms with Crippen molar-refractivity contribution in [1.82, 2.24) is 15.2 Å². The van der Waals surface area contributed by atoms with Crippen LogP contribution in [-0.2, 0) is 11.3 Å². The molecular formula is C17H23FN4O. The minimum Gasteiger partial charge on any atom is -0.297 e. The van der Waals surface area contributed by atoms with Crippen LogP contribution in [0.1, 0.15) is 18.1 Å². The molecule has 0 radical (unpaired) electrons. The third-order valence-corrected chi connectivity index (χ3v) is 4.85. The van der Waals surface area contributed by atoms with Crippen molar-refractivity contribution in [2.75, 3.05) is 26.2 Å². The maximum atomic E-state index is 13.2. The van der Waals surface area contributed by atoms with Crippen LogP contribution >= 0.6 is 0 Å². The number of aryl methyl sites for hydroxylation is 1. The predicted octanol–water partition coefficient (Wildman–Crippen LogP) is 1.37. The molecule has 2 unspecified atom stereocenters. The van der Waals surface area contributed by atoms with Crippen LogP contribution in [0.4, 0.5) is 4.39 Å². The molecule has 1 saturated heterocycles. The normalized spacial score (nSPS) is 26.3. The van der Waals surface area contributed by atoms with Crippen molar-refractivity contribution in [2.45, 2.75) is 26.4 Å². The lowest BCUT2D eigenvalue weighted by Gasteiger charge is -2.40. The maximum absolute atomic E-state index is 13.2. The van der Waals surface area contributed by atoms with Crippen molar-refractivity contribution in [2.24, 2.45) is 11.0 Å². The van der Waals surface area contributed by atoms with Crippen molar-refractivity contribution >= 4 is 12.1 Å². The molecule has 0 aliphatic carbocycles. The first-order chi connectivity index (χ1) is 11.0. The van der Waals surface area contributed by atoms with E-state index in [1.165, 1.54) is 11.6 Å². The highest BCUT2D eigenvalue weighted by molar-refractivity contribution is 5.87. The zero-order valence-corrected chi connectivity index (χ0v) is 13.6. The van der Waals surface area contributed by atoms with Crippen molar-refractivity contribution < 1.29 is 9.18 Å². The molecule has 1 aromatic rings. The second-order valence-electron chi connectivity index (χ2n) is 6.42. The molecule has 1 fully saturated rings. The Labute approximate surface area is 136 Å². The van der Waals surface area contributed by atoms with E-state index in [1.54, 1.807) is 6.07 Å². The average Bonchev–Trinajstić information content (AvgIpc) is 2.54. The first-order valence-corrected chi connectivity index (χ1v) is 8.09. The van der Waals surface area contributed by atoms with Gasteiger partial charge in [0.25, 0.3) is 0 Å². The summed E-state index contributed by atoms with van der Waals surface area (Å²) in [6.45, 7) is 8.44. The van der Waals surface area contributed by atoms with Crippen LogP contribution in [0.5, 0.6) is 0 Å². The molecule has 2 heterocycles. The number of halogens is 1. The fourth-order valence-electron chi connectivity index (χ4n) is 3.27. The minimum atomic E-state index is -0.181. The first kappa shape index (κ1) is 16.1. The average molecular weight is 318 g/mol. The van der Waals surface area contributed by atoms with Crippen LogP contribution < -0.4 is 5.43 Å². The Morgan fingerprint density at radius 2 is 2.04 bits per heavy atom. The predicted molar refractivity (Wildman–Crippen MR) is 87.6 cm³/mol. The first-order valence-electron chi connectivity index (χ1n) is 8.09. The summed E-state index contributed by atoms with van der Waals surface area (Å²) in [5.41, 5.74) is 4.69. The molecule has 23 heavy (non-hydrogen) atoms. The quantitative estimate of drug-likeness (QED) is 0.916. The second kappa shape index (κ2) is 6.76. The number of carbonyl (C=O) groups is 1. The number of piperazine rings is 1. The lowest BCUT2D eigenvalue weighted by Crippen LogP contribution is -2.55. The summed E-state index contributed by atoms with van der Waals surface area (Å²) in [7, 11) is 0. The molecular weight excluding hydrogens is 295 g/mol. The van der Waals surface area contributed by atoms with Crippen LogP contribution in [-0.4, -0.2) is 54.1 Å². The fourth-order valence-corrected chi connectivity index (χ4v) is 3.27. The summed E-state index contributed by atoms with van der Waals surface area (Å²) < 4.78 is 13.2. The lowest BCUT2D eigenvalue weighted by molar-refractivity contribution is -0.126. The monoisotopic (exact) mass is 318 g/mol. The van der Waals surface area contributed by atoms with Crippen molar-refractivity contribution in [1.29, 1.82) is 0 Å². The zero-order valence-electron chi connectivity index (χ0n) is 13.6. The van der Waals surface area contributed by atoms with E-state index in [9.17, 15) is 9.18 Å². The molecule has 1 N–H and O–H groups in total. The van der Waals surface area contributed by atoms with Gasteiger partial charge in [-0.2, -0.15) is 5.10 Å². The Morgan fingerprint density at radius 3 is 2.74 bits per heavy atom. The van der Waals surface area contributed by atoms with Gasteiger partial charge in [0.2, 0.25) is 5.91 Å². The van der Waals surface area contributed by atoms with Crippen LogP contribution in [0.2, 0.25) is 0 Å². The van der Waals surface area contributed by atoms with E-state index < -0.39 is 0 Å². The van der Waals surface area contributed by atoms with E-state index in [0.717, 1.165) is 38.3 Å². The summed E-state index contributed by atoms with van der Waals surface area (Å²) in [5, 5.41) is 3.96. The molecule has 3 rings (SSSR count). The summed E-state index contributed by atoms with van der Waals surface area (Å²) >= 11 is 0. The third kappa shape index (κ3) is 3.59. The summed E-state index contributed by atoms with van der Waals surface area (Å²) in [6.07, 6.45) is 1.84. The zero-order chi connectivity index (χ0) is 16.4. The fraction of sp³-hybridized carbons (Fsp3) is 0.529. The van der Waals surface area contributed by atoms with Crippen molar-refractivity contribution in [3.63, 3.8) is 0 Å². The number of hydrogen-bond acceptors (Lipinski definition) is 4. The van der Waals surface area contributed by atoms with Crippen LogP contribution in [0, 0.1) is 18.7 Å². The molecule has 0 spiro atoms. The Bertz CT molecular complexity index is 611. The topological polar surface area (TPSA) is 47.9 Å². The molecule has 1 amide bonds. The Kier molecular flexibility index (Phi) is 4.73. The van der Waals surface area contributed by atoms with Crippen LogP contribution in [0.25, 0.3) is 0 Å². The van der Waals surface area contributed by atoms with E-state index in [4.69, 9.17) is 0 Å². The number of rotatable bonds is 3. The molecule has 0 bridgehead atoms. The molecule has 5 nitrogen and oxygen atoms in total. The molecule has 6 heteroatoms. The smallest absolute Gasteiger partial charge is 0.244 e. The number of amides is 1. The number of carbonyl (C=O) groups excluding carboxylic acids is 1. The van der Waals surface area contributed by atoms with Crippen molar-refractivity contribution in [3.8, 4) is 0 Å². The van der Waals surface area contributed by atoms with Gasteiger partial charge in [0.1, 0.15) is 5.82 Å². The lowest BCUT2D eigenvalue weighted by atomic mass is 9.98. The van der Waals surface area contributed by atoms with Gasteiger partial charge in [-0.3, -0.25) is 14.6 Å². The Balaban J connectivity index is 1.57. The van der Waals surface area contributed by atoms with Crippen LogP contribution in [0.15, 0.2) is 23.3 Å². The SMILES string of the molecule is Cc1cc(F)ccc1CN1CCN(C2C=NNC(=O)C2C)CC1. The number of hydrazone groups is 1. The number of nitrogens with one attached hydrogen (secondary N) is 1. The molecule has 0 saturated carbocycles. The second-order valence-corrected chi connectivity index (χ2v) is 6.42. The highest BCUT2D eigenvalue weighted by Gasteiger charge is 2.32. The third-order valence-electron chi connectivity index (χ3n) is 4.85.